The average Bonchev–Trinajstić information content (AvgIpc) is 2.65. The number of carbonyl (C=O) groups is 2. The lowest BCUT2D eigenvalue weighted by Gasteiger charge is -2.23. The second-order valence-corrected chi connectivity index (χ2v) is 5.69. The quantitative estimate of drug-likeness (QED) is 0.435. The number of urea groups is 1. The number of anilines is 2. The van der Waals surface area contributed by atoms with Crippen LogP contribution in [0.1, 0.15) is 25.3 Å². The molecule has 132 valence electrons. The normalized spacial score (nSPS) is 10.2. The molecule has 0 unspecified atom stereocenters. The number of nitrogens with one attached hydrogen (secondary N) is 1. The zero-order valence-electron chi connectivity index (χ0n) is 14.3. The van der Waals surface area contributed by atoms with Gasteiger partial charge in [0, 0.05) is 18.8 Å². The highest BCUT2D eigenvalue weighted by Gasteiger charge is 2.14. The number of hydroxylamine groups is 1. The van der Waals surface area contributed by atoms with Gasteiger partial charge in [-0.15, -0.1) is 0 Å². The van der Waals surface area contributed by atoms with Gasteiger partial charge in [0.1, 0.15) is 0 Å². The number of unbranched alkanes of at least 4 members (excludes halogenated alkanes) is 1. The van der Waals surface area contributed by atoms with E-state index >= 15 is 0 Å². The van der Waals surface area contributed by atoms with E-state index in [1.165, 1.54) is 0 Å². The molecule has 0 heterocycles. The largest absolute Gasteiger partial charge is 0.322 e. The molecule has 0 fully saturated rings. The maximum Gasteiger partial charge on any atom is 0.322 e. The molecule has 6 heteroatoms. The minimum Gasteiger partial charge on any atom is -0.320 e. The van der Waals surface area contributed by atoms with Crippen LogP contribution in [-0.2, 0) is 11.3 Å². The van der Waals surface area contributed by atoms with Crippen molar-refractivity contribution in [3.05, 3.63) is 60.2 Å². The summed E-state index contributed by atoms with van der Waals surface area (Å²) < 4.78 is 0. The topological polar surface area (TPSA) is 72.9 Å². The van der Waals surface area contributed by atoms with Crippen molar-refractivity contribution in [2.45, 2.75) is 26.3 Å². The summed E-state index contributed by atoms with van der Waals surface area (Å²) in [5.41, 5.74) is 2.06. The number of amides is 3. The van der Waals surface area contributed by atoms with Crippen LogP contribution in [0.4, 0.5) is 16.2 Å². The molecule has 0 saturated heterocycles. The summed E-state index contributed by atoms with van der Waals surface area (Å²) in [7, 11) is 0. The number of carbonyl (C=O) groups excluding carboxylic acids is 2. The Labute approximate surface area is 147 Å². The second-order valence-electron chi connectivity index (χ2n) is 5.69. The molecule has 0 aliphatic heterocycles. The molecule has 3 amide bonds. The van der Waals surface area contributed by atoms with Gasteiger partial charge in [-0.1, -0.05) is 43.7 Å². The molecule has 0 atom stereocenters. The van der Waals surface area contributed by atoms with Gasteiger partial charge < -0.3 is 10.2 Å². The highest BCUT2D eigenvalue weighted by atomic mass is 16.5. The molecule has 0 aliphatic rings. The van der Waals surface area contributed by atoms with Crippen molar-refractivity contribution < 1.29 is 14.8 Å². The summed E-state index contributed by atoms with van der Waals surface area (Å²) in [5, 5.41) is 12.8. The molecular formula is C19H23N3O3. The molecule has 0 saturated carbocycles. The van der Waals surface area contributed by atoms with Gasteiger partial charge in [-0.3, -0.25) is 10.0 Å². The van der Waals surface area contributed by atoms with E-state index in [-0.39, 0.29) is 6.03 Å². The van der Waals surface area contributed by atoms with E-state index in [4.69, 9.17) is 0 Å². The van der Waals surface area contributed by atoms with E-state index in [0.717, 1.165) is 24.1 Å². The van der Waals surface area contributed by atoms with Gasteiger partial charge >= 0.3 is 6.03 Å². The van der Waals surface area contributed by atoms with Gasteiger partial charge in [0.25, 0.3) is 0 Å². The van der Waals surface area contributed by atoms with Crippen LogP contribution in [0.5, 0.6) is 0 Å². The highest BCUT2D eigenvalue weighted by molar-refractivity contribution is 5.89. The molecule has 2 rings (SSSR count). The summed E-state index contributed by atoms with van der Waals surface area (Å²) >= 11 is 0. The first-order chi connectivity index (χ1) is 12.1. The lowest BCUT2D eigenvalue weighted by atomic mass is 10.2. The summed E-state index contributed by atoms with van der Waals surface area (Å²) in [6.07, 6.45) is 2.23. The van der Waals surface area contributed by atoms with Crippen LogP contribution in [0.15, 0.2) is 54.6 Å². The molecule has 2 aromatic rings. The third-order valence-corrected chi connectivity index (χ3v) is 3.77. The van der Waals surface area contributed by atoms with Crippen LogP contribution in [-0.4, -0.2) is 29.1 Å². The van der Waals surface area contributed by atoms with Crippen molar-refractivity contribution in [2.24, 2.45) is 0 Å². The van der Waals surface area contributed by atoms with E-state index in [1.54, 1.807) is 29.2 Å². The lowest BCUT2D eigenvalue weighted by molar-refractivity contribution is -0.111. The van der Waals surface area contributed by atoms with E-state index in [0.29, 0.717) is 30.3 Å². The molecule has 2 N–H and O–H groups in total. The Morgan fingerprint density at radius 1 is 1.12 bits per heavy atom. The zero-order chi connectivity index (χ0) is 18.1. The zero-order valence-corrected chi connectivity index (χ0v) is 14.3. The summed E-state index contributed by atoms with van der Waals surface area (Å²) in [6, 6.07) is 16.0. The third-order valence-electron chi connectivity index (χ3n) is 3.77. The van der Waals surface area contributed by atoms with Gasteiger partial charge in [-0.05, 0) is 36.2 Å². The van der Waals surface area contributed by atoms with Crippen LogP contribution in [0.2, 0.25) is 0 Å². The second kappa shape index (κ2) is 9.44. The summed E-state index contributed by atoms with van der Waals surface area (Å²) in [6.45, 7) is 3.18. The number of benzene rings is 2. The Morgan fingerprint density at radius 2 is 1.80 bits per heavy atom. The first-order valence-electron chi connectivity index (χ1n) is 8.27. The number of nitrogens with zero attached hydrogens (tertiary/aromatic N) is 2. The predicted molar refractivity (Wildman–Crippen MR) is 97.6 cm³/mol. The van der Waals surface area contributed by atoms with Crippen molar-refractivity contribution >= 4 is 23.8 Å². The SMILES string of the molecule is CCCCN(Cc1ccc(N(O)C=O)cc1)C(=O)Nc1ccccc1. The summed E-state index contributed by atoms with van der Waals surface area (Å²) in [4.78, 5) is 24.9. The van der Waals surface area contributed by atoms with Crippen molar-refractivity contribution in [1.82, 2.24) is 4.90 Å². The Hall–Kier alpha value is -2.86. The van der Waals surface area contributed by atoms with Crippen LogP contribution >= 0.6 is 0 Å². The predicted octanol–water partition coefficient (Wildman–Crippen LogP) is 3.87. The molecule has 0 aromatic heterocycles. The van der Waals surface area contributed by atoms with E-state index in [9.17, 15) is 14.8 Å². The van der Waals surface area contributed by atoms with Crippen molar-refractivity contribution in [3.63, 3.8) is 0 Å². The van der Waals surface area contributed by atoms with Crippen LogP contribution in [0, 0.1) is 0 Å². The molecule has 6 nitrogen and oxygen atoms in total. The van der Waals surface area contributed by atoms with Gasteiger partial charge in [0.05, 0.1) is 5.69 Å². The molecule has 0 aliphatic carbocycles. The standard InChI is InChI=1S/C19H23N3O3/c1-2-3-13-21(19(24)20-17-7-5-4-6-8-17)14-16-9-11-18(12-10-16)22(25)15-23/h4-12,15,25H,2-3,13-14H2,1H3,(H,20,24). The van der Waals surface area contributed by atoms with Crippen LogP contribution in [0.3, 0.4) is 0 Å². The number of rotatable bonds is 8. The Morgan fingerprint density at radius 3 is 2.40 bits per heavy atom. The van der Waals surface area contributed by atoms with Crippen LogP contribution < -0.4 is 10.4 Å². The van der Waals surface area contributed by atoms with Crippen molar-refractivity contribution in [3.8, 4) is 0 Å². The third kappa shape index (κ3) is 5.61. The molecular weight excluding hydrogens is 318 g/mol. The summed E-state index contributed by atoms with van der Waals surface area (Å²) in [5.74, 6) is 0. The average molecular weight is 341 g/mol. The Bertz CT molecular complexity index is 674. The molecule has 2 aromatic carbocycles. The number of hydrogen-bond acceptors (Lipinski definition) is 3. The maximum absolute atomic E-state index is 12.6. The maximum atomic E-state index is 12.6. The molecule has 0 spiro atoms. The monoisotopic (exact) mass is 341 g/mol. The number of hydrogen-bond donors (Lipinski definition) is 2. The fourth-order valence-electron chi connectivity index (χ4n) is 2.36. The fraction of sp³-hybridized carbons (Fsp3) is 0.263. The first-order valence-corrected chi connectivity index (χ1v) is 8.27. The van der Waals surface area contributed by atoms with Gasteiger partial charge in [0.2, 0.25) is 6.41 Å². The fourth-order valence-corrected chi connectivity index (χ4v) is 2.36. The first kappa shape index (κ1) is 18.5. The van der Waals surface area contributed by atoms with Gasteiger partial charge in [-0.2, -0.15) is 5.06 Å². The molecule has 25 heavy (non-hydrogen) atoms. The Balaban J connectivity index is 2.06. The molecule has 0 bridgehead atoms. The highest BCUT2D eigenvalue weighted by Crippen LogP contribution is 2.15. The number of para-hydroxylation sites is 1. The Kier molecular flexibility index (Phi) is 6.98. The van der Waals surface area contributed by atoms with Gasteiger partial charge in [-0.25, -0.2) is 4.79 Å². The minimum atomic E-state index is -0.152. The lowest BCUT2D eigenvalue weighted by Crippen LogP contribution is -2.35. The van der Waals surface area contributed by atoms with Gasteiger partial charge in [0.15, 0.2) is 0 Å². The van der Waals surface area contributed by atoms with Crippen molar-refractivity contribution in [2.75, 3.05) is 16.9 Å². The van der Waals surface area contributed by atoms with E-state index in [1.807, 2.05) is 30.3 Å². The minimum absolute atomic E-state index is 0.152. The van der Waals surface area contributed by atoms with Crippen LogP contribution in [0.25, 0.3) is 0 Å². The molecule has 0 radical (unpaired) electrons. The van der Waals surface area contributed by atoms with Crippen molar-refractivity contribution in [1.29, 1.82) is 0 Å². The van der Waals surface area contributed by atoms with E-state index < -0.39 is 0 Å². The smallest absolute Gasteiger partial charge is 0.320 e. The van der Waals surface area contributed by atoms with E-state index in [2.05, 4.69) is 12.2 Å².